The van der Waals surface area contributed by atoms with Crippen molar-refractivity contribution in [1.82, 2.24) is 9.97 Å². The lowest BCUT2D eigenvalue weighted by molar-refractivity contribution is 0.612. The molecule has 1 aromatic heterocycles. The summed E-state index contributed by atoms with van der Waals surface area (Å²) in [6.45, 7) is 0. The molecule has 1 atom stereocenters. The summed E-state index contributed by atoms with van der Waals surface area (Å²) in [6.07, 6.45) is 0. The normalized spacial score (nSPS) is 12.7. The van der Waals surface area contributed by atoms with Gasteiger partial charge < -0.3 is 9.97 Å². The first-order valence-corrected chi connectivity index (χ1v) is 6.19. The number of benzene rings is 2. The van der Waals surface area contributed by atoms with Gasteiger partial charge in [0.25, 0.3) is 0 Å². The summed E-state index contributed by atoms with van der Waals surface area (Å²) < 4.78 is 13.7. The number of imidazole rings is 1. The van der Waals surface area contributed by atoms with Gasteiger partial charge in [0, 0.05) is 5.56 Å². The maximum atomic E-state index is 13.7. The molecule has 96 valence electrons. The molecule has 0 radical (unpaired) electrons. The summed E-state index contributed by atoms with van der Waals surface area (Å²) >= 11 is 6.30. The first-order valence-electron chi connectivity index (χ1n) is 5.75. The van der Waals surface area contributed by atoms with Crippen molar-refractivity contribution in [3.05, 3.63) is 69.9 Å². The molecule has 0 aliphatic heterocycles. The van der Waals surface area contributed by atoms with Crippen molar-refractivity contribution < 1.29 is 4.39 Å². The highest BCUT2D eigenvalue weighted by atomic mass is 35.5. The minimum atomic E-state index is -0.594. The summed E-state index contributed by atoms with van der Waals surface area (Å²) in [5.74, 6) is -0.342. The first-order chi connectivity index (χ1) is 9.15. The van der Waals surface area contributed by atoms with Crippen LogP contribution in [0, 0.1) is 5.82 Å². The molecule has 0 fully saturated rings. The Labute approximate surface area is 113 Å². The minimum absolute atomic E-state index is 0.274. The Morgan fingerprint density at radius 3 is 2.58 bits per heavy atom. The zero-order valence-electron chi connectivity index (χ0n) is 9.78. The van der Waals surface area contributed by atoms with Gasteiger partial charge in [-0.25, -0.2) is 9.18 Å². The van der Waals surface area contributed by atoms with Gasteiger partial charge in [-0.15, -0.1) is 11.6 Å². The number of hydrogen-bond donors (Lipinski definition) is 2. The zero-order valence-corrected chi connectivity index (χ0v) is 10.5. The average Bonchev–Trinajstić information content (AvgIpc) is 2.77. The van der Waals surface area contributed by atoms with Crippen molar-refractivity contribution in [2.75, 3.05) is 0 Å². The second-order valence-corrected chi connectivity index (χ2v) is 4.70. The molecular formula is C14H10ClFN2O. The summed E-state index contributed by atoms with van der Waals surface area (Å²) in [5, 5.41) is -0.594. The second kappa shape index (κ2) is 4.55. The SMILES string of the molecule is O=c1[nH]c2ccc(C(Cl)c3ccccc3F)cc2[nH]1. The number of nitrogens with one attached hydrogen (secondary N) is 2. The van der Waals surface area contributed by atoms with E-state index in [1.807, 2.05) is 0 Å². The minimum Gasteiger partial charge on any atom is -0.306 e. The fourth-order valence-electron chi connectivity index (χ4n) is 2.07. The first kappa shape index (κ1) is 12.0. The van der Waals surface area contributed by atoms with Gasteiger partial charge in [-0.2, -0.15) is 0 Å². The van der Waals surface area contributed by atoms with E-state index in [1.165, 1.54) is 6.07 Å². The van der Waals surface area contributed by atoms with Crippen LogP contribution in [0.2, 0.25) is 0 Å². The number of H-pyrrole nitrogens is 2. The van der Waals surface area contributed by atoms with Crippen LogP contribution in [-0.2, 0) is 0 Å². The highest BCUT2D eigenvalue weighted by Gasteiger charge is 2.15. The van der Waals surface area contributed by atoms with Crippen LogP contribution in [-0.4, -0.2) is 9.97 Å². The molecule has 0 aliphatic carbocycles. The Kier molecular flexibility index (Phi) is 2.87. The predicted molar refractivity (Wildman–Crippen MR) is 73.0 cm³/mol. The number of aromatic amines is 2. The number of aromatic nitrogens is 2. The molecular weight excluding hydrogens is 267 g/mol. The van der Waals surface area contributed by atoms with Crippen LogP contribution >= 0.6 is 11.6 Å². The number of rotatable bonds is 2. The highest BCUT2D eigenvalue weighted by Crippen LogP contribution is 2.31. The summed E-state index contributed by atoms with van der Waals surface area (Å²) in [5.41, 5.74) is 2.23. The van der Waals surface area contributed by atoms with Crippen molar-refractivity contribution >= 4 is 22.6 Å². The summed E-state index contributed by atoms with van der Waals surface area (Å²) in [4.78, 5) is 16.5. The Balaban J connectivity index is 2.08. The van der Waals surface area contributed by atoms with Gasteiger partial charge in [0.1, 0.15) is 5.82 Å². The van der Waals surface area contributed by atoms with E-state index in [4.69, 9.17) is 11.6 Å². The molecule has 0 bridgehead atoms. The quantitative estimate of drug-likeness (QED) is 0.693. The van der Waals surface area contributed by atoms with E-state index < -0.39 is 5.38 Å². The van der Waals surface area contributed by atoms with E-state index in [2.05, 4.69) is 9.97 Å². The molecule has 0 aliphatic rings. The zero-order chi connectivity index (χ0) is 13.4. The van der Waals surface area contributed by atoms with Crippen LogP contribution in [0.15, 0.2) is 47.3 Å². The van der Waals surface area contributed by atoms with Gasteiger partial charge in [-0.05, 0) is 23.8 Å². The number of fused-ring (bicyclic) bond motifs is 1. The standard InChI is InChI=1S/C14H10ClFN2O/c15-13(9-3-1-2-4-10(9)16)8-5-6-11-12(7-8)18-14(19)17-11/h1-7,13H,(H2,17,18,19). The van der Waals surface area contributed by atoms with Gasteiger partial charge >= 0.3 is 5.69 Å². The van der Waals surface area contributed by atoms with Crippen molar-refractivity contribution in [3.8, 4) is 0 Å². The lowest BCUT2D eigenvalue weighted by Gasteiger charge is -2.11. The fraction of sp³-hybridized carbons (Fsp3) is 0.0714. The van der Waals surface area contributed by atoms with Crippen LogP contribution in [0.25, 0.3) is 11.0 Å². The van der Waals surface area contributed by atoms with Crippen molar-refractivity contribution in [2.45, 2.75) is 5.38 Å². The third-order valence-corrected chi connectivity index (χ3v) is 3.50. The van der Waals surface area contributed by atoms with Gasteiger partial charge in [0.05, 0.1) is 16.4 Å². The molecule has 0 spiro atoms. The van der Waals surface area contributed by atoms with Crippen molar-refractivity contribution in [3.63, 3.8) is 0 Å². The Morgan fingerprint density at radius 1 is 1.05 bits per heavy atom. The smallest absolute Gasteiger partial charge is 0.306 e. The Hall–Kier alpha value is -2.07. The molecule has 3 nitrogen and oxygen atoms in total. The molecule has 19 heavy (non-hydrogen) atoms. The van der Waals surface area contributed by atoms with Gasteiger partial charge in [-0.3, -0.25) is 0 Å². The molecule has 3 rings (SSSR count). The molecule has 0 saturated carbocycles. The lowest BCUT2D eigenvalue weighted by Crippen LogP contribution is -1.99. The third kappa shape index (κ3) is 2.15. The third-order valence-electron chi connectivity index (χ3n) is 3.01. The number of halogens is 2. The Bertz CT molecular complexity index is 793. The lowest BCUT2D eigenvalue weighted by atomic mass is 10.0. The van der Waals surface area contributed by atoms with Gasteiger partial charge in [0.15, 0.2) is 0 Å². The van der Waals surface area contributed by atoms with Gasteiger partial charge in [0.2, 0.25) is 0 Å². The van der Waals surface area contributed by atoms with Crippen molar-refractivity contribution in [2.24, 2.45) is 0 Å². The maximum Gasteiger partial charge on any atom is 0.323 e. The second-order valence-electron chi connectivity index (χ2n) is 4.27. The number of alkyl halides is 1. The topological polar surface area (TPSA) is 48.6 Å². The summed E-state index contributed by atoms with van der Waals surface area (Å²) in [6, 6.07) is 11.7. The largest absolute Gasteiger partial charge is 0.323 e. The monoisotopic (exact) mass is 276 g/mol. The molecule has 5 heteroatoms. The average molecular weight is 277 g/mol. The van der Waals surface area contributed by atoms with Crippen molar-refractivity contribution in [1.29, 1.82) is 0 Å². The molecule has 0 amide bonds. The Morgan fingerprint density at radius 2 is 1.79 bits per heavy atom. The van der Waals surface area contributed by atoms with E-state index in [0.717, 1.165) is 5.56 Å². The predicted octanol–water partition coefficient (Wildman–Crippen LogP) is 3.32. The summed E-state index contributed by atoms with van der Waals surface area (Å²) in [7, 11) is 0. The van der Waals surface area contributed by atoms with Crippen LogP contribution in [0.1, 0.15) is 16.5 Å². The highest BCUT2D eigenvalue weighted by molar-refractivity contribution is 6.22. The van der Waals surface area contributed by atoms with Crippen LogP contribution < -0.4 is 5.69 Å². The molecule has 0 saturated heterocycles. The number of hydrogen-bond acceptors (Lipinski definition) is 1. The molecule has 3 aromatic rings. The molecule has 1 heterocycles. The van der Waals surface area contributed by atoms with E-state index in [9.17, 15) is 9.18 Å². The fourth-order valence-corrected chi connectivity index (χ4v) is 2.38. The molecule has 2 N–H and O–H groups in total. The van der Waals surface area contributed by atoms with Crippen LogP contribution in [0.3, 0.4) is 0 Å². The maximum absolute atomic E-state index is 13.7. The van der Waals surface area contributed by atoms with E-state index in [-0.39, 0.29) is 11.5 Å². The van der Waals surface area contributed by atoms with E-state index >= 15 is 0 Å². The van der Waals surface area contributed by atoms with Crippen LogP contribution in [0.4, 0.5) is 4.39 Å². The van der Waals surface area contributed by atoms with Gasteiger partial charge in [-0.1, -0.05) is 24.3 Å². The van der Waals surface area contributed by atoms with E-state index in [1.54, 1.807) is 36.4 Å². The molecule has 1 unspecified atom stereocenters. The molecule has 2 aromatic carbocycles. The van der Waals surface area contributed by atoms with E-state index in [0.29, 0.717) is 16.6 Å². The van der Waals surface area contributed by atoms with Crippen LogP contribution in [0.5, 0.6) is 0 Å².